The van der Waals surface area contributed by atoms with Crippen LogP contribution in [0.4, 0.5) is 4.39 Å². The monoisotopic (exact) mass is 271 g/mol. The first-order valence-electron chi connectivity index (χ1n) is 6.49. The molecule has 1 saturated heterocycles. The highest BCUT2D eigenvalue weighted by molar-refractivity contribution is 6.30. The minimum Gasteiger partial charge on any atom is -0.381 e. The number of nitrogens with one attached hydrogen (secondary N) is 1. The maximum Gasteiger partial charge on any atom is 0.146 e. The van der Waals surface area contributed by atoms with E-state index in [1.807, 2.05) is 6.07 Å². The van der Waals surface area contributed by atoms with Gasteiger partial charge in [0.2, 0.25) is 0 Å². The first kappa shape index (κ1) is 13.8. The Morgan fingerprint density at radius 1 is 1.56 bits per heavy atom. The van der Waals surface area contributed by atoms with Gasteiger partial charge in [0.25, 0.3) is 0 Å². The smallest absolute Gasteiger partial charge is 0.146 e. The van der Waals surface area contributed by atoms with Crippen molar-refractivity contribution in [2.75, 3.05) is 19.8 Å². The van der Waals surface area contributed by atoms with Crippen LogP contribution in [0.1, 0.15) is 31.4 Å². The molecular formula is C14H19ClFNO. The van der Waals surface area contributed by atoms with Gasteiger partial charge in [-0.25, -0.2) is 4.39 Å². The van der Waals surface area contributed by atoms with Gasteiger partial charge in [-0.15, -0.1) is 0 Å². The van der Waals surface area contributed by atoms with Crippen LogP contribution in [-0.2, 0) is 4.74 Å². The standard InChI is InChI=1S/C14H19ClFNO/c1-2-7-17-14(10-6-8-18-9-10)11-4-3-5-12(15)13(11)16/h3-5,10,14,17H,2,6-9H2,1H3. The fourth-order valence-corrected chi connectivity index (χ4v) is 2.59. The number of benzene rings is 1. The van der Waals surface area contributed by atoms with Gasteiger partial charge in [-0.05, 0) is 25.5 Å². The number of hydrogen-bond acceptors (Lipinski definition) is 2. The summed E-state index contributed by atoms with van der Waals surface area (Å²) >= 11 is 5.86. The van der Waals surface area contributed by atoms with Crippen molar-refractivity contribution in [1.29, 1.82) is 0 Å². The molecular weight excluding hydrogens is 253 g/mol. The van der Waals surface area contributed by atoms with Gasteiger partial charge in [-0.2, -0.15) is 0 Å². The highest BCUT2D eigenvalue weighted by Crippen LogP contribution is 2.32. The summed E-state index contributed by atoms with van der Waals surface area (Å²) in [6.45, 7) is 4.42. The van der Waals surface area contributed by atoms with Crippen LogP contribution in [0.25, 0.3) is 0 Å². The van der Waals surface area contributed by atoms with Crippen molar-refractivity contribution in [3.8, 4) is 0 Å². The van der Waals surface area contributed by atoms with Gasteiger partial charge in [0, 0.05) is 24.1 Å². The summed E-state index contributed by atoms with van der Waals surface area (Å²) in [5.41, 5.74) is 0.659. The molecule has 0 aliphatic carbocycles. The van der Waals surface area contributed by atoms with Crippen molar-refractivity contribution >= 4 is 11.6 Å². The van der Waals surface area contributed by atoms with Gasteiger partial charge in [0.05, 0.1) is 11.6 Å². The SMILES string of the molecule is CCCNC(c1cccc(Cl)c1F)C1CCOC1. The lowest BCUT2D eigenvalue weighted by Gasteiger charge is -2.25. The predicted octanol–water partition coefficient (Wildman–Crippen LogP) is 3.56. The summed E-state index contributed by atoms with van der Waals surface area (Å²) in [6.07, 6.45) is 1.99. The van der Waals surface area contributed by atoms with Gasteiger partial charge in [0.15, 0.2) is 0 Å². The maximum atomic E-state index is 14.1. The maximum absolute atomic E-state index is 14.1. The van der Waals surface area contributed by atoms with Crippen LogP contribution in [0, 0.1) is 11.7 Å². The molecule has 4 heteroatoms. The molecule has 1 aromatic carbocycles. The Balaban J connectivity index is 2.23. The molecule has 2 rings (SSSR count). The largest absolute Gasteiger partial charge is 0.381 e. The van der Waals surface area contributed by atoms with E-state index in [9.17, 15) is 4.39 Å². The molecule has 1 N–H and O–H groups in total. The van der Waals surface area contributed by atoms with E-state index in [0.29, 0.717) is 18.1 Å². The molecule has 1 aliphatic rings. The predicted molar refractivity (Wildman–Crippen MR) is 71.4 cm³/mol. The summed E-state index contributed by atoms with van der Waals surface area (Å²) < 4.78 is 19.5. The summed E-state index contributed by atoms with van der Waals surface area (Å²) in [6, 6.07) is 5.19. The quantitative estimate of drug-likeness (QED) is 0.884. The normalized spacial score (nSPS) is 21.2. The molecule has 1 aliphatic heterocycles. The van der Waals surface area contributed by atoms with Crippen molar-refractivity contribution < 1.29 is 9.13 Å². The number of rotatable bonds is 5. The molecule has 1 fully saturated rings. The van der Waals surface area contributed by atoms with E-state index in [1.54, 1.807) is 12.1 Å². The Morgan fingerprint density at radius 3 is 3.06 bits per heavy atom. The van der Waals surface area contributed by atoms with Crippen LogP contribution < -0.4 is 5.32 Å². The van der Waals surface area contributed by atoms with E-state index < -0.39 is 0 Å². The second kappa shape index (κ2) is 6.50. The molecule has 0 amide bonds. The lowest BCUT2D eigenvalue weighted by molar-refractivity contribution is 0.176. The first-order valence-corrected chi connectivity index (χ1v) is 6.87. The number of halogens is 2. The summed E-state index contributed by atoms with van der Waals surface area (Å²) in [5, 5.41) is 3.61. The lowest BCUT2D eigenvalue weighted by Crippen LogP contribution is -2.30. The molecule has 0 aromatic heterocycles. The zero-order valence-corrected chi connectivity index (χ0v) is 11.3. The zero-order valence-electron chi connectivity index (χ0n) is 10.6. The second-order valence-corrected chi connectivity index (χ2v) is 5.11. The fraction of sp³-hybridized carbons (Fsp3) is 0.571. The molecule has 2 atom stereocenters. The Morgan fingerprint density at radius 2 is 2.39 bits per heavy atom. The van der Waals surface area contributed by atoms with Crippen LogP contribution >= 0.6 is 11.6 Å². The molecule has 100 valence electrons. The molecule has 0 bridgehead atoms. The van der Waals surface area contributed by atoms with E-state index in [4.69, 9.17) is 16.3 Å². The van der Waals surface area contributed by atoms with Gasteiger partial charge in [-0.3, -0.25) is 0 Å². The lowest BCUT2D eigenvalue weighted by atomic mass is 9.92. The zero-order chi connectivity index (χ0) is 13.0. The van der Waals surface area contributed by atoms with Crippen LogP contribution in [-0.4, -0.2) is 19.8 Å². The molecule has 0 saturated carbocycles. The van der Waals surface area contributed by atoms with Crippen LogP contribution in [0.5, 0.6) is 0 Å². The van der Waals surface area contributed by atoms with E-state index in [1.165, 1.54) is 0 Å². The van der Waals surface area contributed by atoms with Crippen LogP contribution in [0.15, 0.2) is 18.2 Å². The number of ether oxygens (including phenoxy) is 1. The average Bonchev–Trinajstić information content (AvgIpc) is 2.88. The van der Waals surface area contributed by atoms with Crippen molar-refractivity contribution in [3.05, 3.63) is 34.6 Å². The van der Waals surface area contributed by atoms with Crippen molar-refractivity contribution in [3.63, 3.8) is 0 Å². The highest BCUT2D eigenvalue weighted by atomic mass is 35.5. The minimum atomic E-state index is -0.306. The van der Waals surface area contributed by atoms with Gasteiger partial charge >= 0.3 is 0 Å². The molecule has 2 unspecified atom stereocenters. The van der Waals surface area contributed by atoms with Crippen molar-refractivity contribution in [1.82, 2.24) is 5.32 Å². The van der Waals surface area contributed by atoms with Crippen LogP contribution in [0.3, 0.4) is 0 Å². The summed E-state index contributed by atoms with van der Waals surface area (Å²) in [7, 11) is 0. The van der Waals surface area contributed by atoms with Crippen LogP contribution in [0.2, 0.25) is 5.02 Å². The third-order valence-corrected chi connectivity index (χ3v) is 3.66. The van der Waals surface area contributed by atoms with Crippen molar-refractivity contribution in [2.45, 2.75) is 25.8 Å². The first-order chi connectivity index (χ1) is 8.74. The van der Waals surface area contributed by atoms with Gasteiger partial charge < -0.3 is 10.1 Å². The Bertz CT molecular complexity index is 393. The van der Waals surface area contributed by atoms with E-state index >= 15 is 0 Å². The van der Waals surface area contributed by atoms with E-state index in [2.05, 4.69) is 12.2 Å². The van der Waals surface area contributed by atoms with Crippen molar-refractivity contribution in [2.24, 2.45) is 5.92 Å². The highest BCUT2D eigenvalue weighted by Gasteiger charge is 2.28. The third kappa shape index (κ3) is 3.02. The fourth-order valence-electron chi connectivity index (χ4n) is 2.41. The summed E-state index contributed by atoms with van der Waals surface area (Å²) in [5.74, 6) is 0.0178. The molecule has 18 heavy (non-hydrogen) atoms. The summed E-state index contributed by atoms with van der Waals surface area (Å²) in [4.78, 5) is 0. The Labute approximate surface area is 112 Å². The minimum absolute atomic E-state index is 0.00819. The molecule has 0 spiro atoms. The average molecular weight is 272 g/mol. The third-order valence-electron chi connectivity index (χ3n) is 3.37. The van der Waals surface area contributed by atoms with Gasteiger partial charge in [0.1, 0.15) is 5.82 Å². The molecule has 1 heterocycles. The molecule has 0 radical (unpaired) electrons. The molecule has 1 aromatic rings. The second-order valence-electron chi connectivity index (χ2n) is 4.70. The number of hydrogen-bond donors (Lipinski definition) is 1. The van der Waals surface area contributed by atoms with E-state index in [0.717, 1.165) is 26.0 Å². The topological polar surface area (TPSA) is 21.3 Å². The van der Waals surface area contributed by atoms with Gasteiger partial charge in [-0.1, -0.05) is 30.7 Å². The molecule has 2 nitrogen and oxygen atoms in total. The Hall–Kier alpha value is -0.640. The Kier molecular flexibility index (Phi) is 4.98. The van der Waals surface area contributed by atoms with E-state index in [-0.39, 0.29) is 16.9 Å².